The Labute approximate surface area is 154 Å². The van der Waals surface area contributed by atoms with Crippen LogP contribution in [-0.4, -0.2) is 25.5 Å². The Hall–Kier alpha value is -3.02. The molecule has 0 amide bonds. The lowest BCUT2D eigenvalue weighted by Crippen LogP contribution is -2.26. The van der Waals surface area contributed by atoms with Crippen LogP contribution in [0.5, 0.6) is 0 Å². The van der Waals surface area contributed by atoms with Crippen molar-refractivity contribution < 1.29 is 0 Å². The van der Waals surface area contributed by atoms with Crippen molar-refractivity contribution >= 4 is 11.3 Å². The summed E-state index contributed by atoms with van der Waals surface area (Å²) in [5.74, 6) is 0.986. The SMILES string of the molecule is CCCC1=C(C/C=C\C=C/N=C(C)c2ccccn2)NCn2ncnc21. The summed E-state index contributed by atoms with van der Waals surface area (Å²) < 4.78 is 1.91. The fourth-order valence-electron chi connectivity index (χ4n) is 2.85. The molecule has 1 aliphatic heterocycles. The van der Waals surface area contributed by atoms with Gasteiger partial charge in [-0.1, -0.05) is 31.6 Å². The van der Waals surface area contributed by atoms with Crippen molar-refractivity contribution in [3.8, 4) is 0 Å². The van der Waals surface area contributed by atoms with Crippen LogP contribution in [0.15, 0.2) is 65.8 Å². The molecule has 0 aliphatic carbocycles. The number of aliphatic imine (C=N–C) groups is 1. The zero-order chi connectivity index (χ0) is 18.2. The number of pyridine rings is 1. The smallest absolute Gasteiger partial charge is 0.157 e. The molecule has 0 spiro atoms. The lowest BCUT2D eigenvalue weighted by atomic mass is 10.0. The highest BCUT2D eigenvalue weighted by Gasteiger charge is 2.18. The Balaban J connectivity index is 1.62. The molecule has 6 nitrogen and oxygen atoms in total. The molecular formula is C20H24N6. The molecule has 1 aliphatic rings. The fourth-order valence-corrected chi connectivity index (χ4v) is 2.85. The second kappa shape index (κ2) is 8.89. The van der Waals surface area contributed by atoms with E-state index in [4.69, 9.17) is 0 Å². The predicted octanol–water partition coefficient (Wildman–Crippen LogP) is 3.71. The molecular weight excluding hydrogens is 324 g/mol. The van der Waals surface area contributed by atoms with Crippen molar-refractivity contribution in [1.82, 2.24) is 25.1 Å². The lowest BCUT2D eigenvalue weighted by Gasteiger charge is -2.21. The number of rotatable bonds is 7. The minimum Gasteiger partial charge on any atom is -0.369 e. The summed E-state index contributed by atoms with van der Waals surface area (Å²) >= 11 is 0. The van der Waals surface area contributed by atoms with Crippen molar-refractivity contribution in [3.63, 3.8) is 0 Å². The van der Waals surface area contributed by atoms with E-state index in [2.05, 4.69) is 38.4 Å². The van der Waals surface area contributed by atoms with Gasteiger partial charge in [-0.25, -0.2) is 9.67 Å². The normalized spacial score (nSPS) is 14.9. The van der Waals surface area contributed by atoms with Gasteiger partial charge in [-0.3, -0.25) is 9.98 Å². The Morgan fingerprint density at radius 2 is 2.23 bits per heavy atom. The van der Waals surface area contributed by atoms with Crippen molar-refractivity contribution in [2.45, 2.75) is 39.8 Å². The number of fused-ring (bicyclic) bond motifs is 1. The number of allylic oxidation sites excluding steroid dienone is 4. The van der Waals surface area contributed by atoms with Gasteiger partial charge in [0.1, 0.15) is 13.0 Å². The van der Waals surface area contributed by atoms with Crippen LogP contribution >= 0.6 is 0 Å². The molecule has 0 atom stereocenters. The first kappa shape index (κ1) is 17.8. The third kappa shape index (κ3) is 4.33. The van der Waals surface area contributed by atoms with Gasteiger partial charge in [0.05, 0.1) is 11.4 Å². The van der Waals surface area contributed by atoms with Crippen LogP contribution in [0, 0.1) is 0 Å². The van der Waals surface area contributed by atoms with Gasteiger partial charge in [-0.05, 0) is 31.6 Å². The molecule has 134 valence electrons. The maximum Gasteiger partial charge on any atom is 0.157 e. The van der Waals surface area contributed by atoms with Gasteiger partial charge < -0.3 is 5.32 Å². The number of hydrogen-bond acceptors (Lipinski definition) is 5. The summed E-state index contributed by atoms with van der Waals surface area (Å²) in [5, 5.41) is 7.70. The lowest BCUT2D eigenvalue weighted by molar-refractivity contribution is 0.526. The number of nitrogens with zero attached hydrogens (tertiary/aromatic N) is 5. The average Bonchev–Trinajstić information content (AvgIpc) is 3.15. The van der Waals surface area contributed by atoms with E-state index < -0.39 is 0 Å². The van der Waals surface area contributed by atoms with Crippen LogP contribution < -0.4 is 5.32 Å². The maximum atomic E-state index is 4.42. The zero-order valence-corrected chi connectivity index (χ0v) is 15.3. The van der Waals surface area contributed by atoms with Gasteiger partial charge in [-0.15, -0.1) is 0 Å². The minimum atomic E-state index is 0.676. The molecule has 2 aromatic rings. The molecule has 0 saturated carbocycles. The van der Waals surface area contributed by atoms with Gasteiger partial charge >= 0.3 is 0 Å². The zero-order valence-electron chi connectivity index (χ0n) is 15.3. The first-order valence-electron chi connectivity index (χ1n) is 8.91. The van der Waals surface area contributed by atoms with Crippen LogP contribution in [0.2, 0.25) is 0 Å². The van der Waals surface area contributed by atoms with E-state index >= 15 is 0 Å². The summed E-state index contributed by atoms with van der Waals surface area (Å²) in [4.78, 5) is 13.1. The van der Waals surface area contributed by atoms with E-state index in [-0.39, 0.29) is 0 Å². The minimum absolute atomic E-state index is 0.676. The van der Waals surface area contributed by atoms with Crippen molar-refractivity contribution in [1.29, 1.82) is 0 Å². The van der Waals surface area contributed by atoms with E-state index in [1.165, 1.54) is 11.3 Å². The Kier molecular flexibility index (Phi) is 6.09. The highest BCUT2D eigenvalue weighted by Crippen LogP contribution is 2.25. The van der Waals surface area contributed by atoms with Crippen molar-refractivity contribution in [2.24, 2.45) is 4.99 Å². The third-order valence-electron chi connectivity index (χ3n) is 4.15. The Bertz CT molecular complexity index is 842. The van der Waals surface area contributed by atoms with Crippen LogP contribution in [0.3, 0.4) is 0 Å². The molecule has 26 heavy (non-hydrogen) atoms. The van der Waals surface area contributed by atoms with Crippen LogP contribution in [0.4, 0.5) is 0 Å². The average molecular weight is 348 g/mol. The summed E-state index contributed by atoms with van der Waals surface area (Å²) in [6.07, 6.45) is 14.2. The first-order valence-corrected chi connectivity index (χ1v) is 8.91. The van der Waals surface area contributed by atoms with E-state index in [0.717, 1.165) is 36.5 Å². The second-order valence-corrected chi connectivity index (χ2v) is 6.03. The summed E-state index contributed by atoms with van der Waals surface area (Å²) in [5.41, 5.74) is 4.28. The summed E-state index contributed by atoms with van der Waals surface area (Å²) in [6.45, 7) is 4.82. The van der Waals surface area contributed by atoms with Crippen molar-refractivity contribution in [3.05, 3.63) is 72.4 Å². The van der Waals surface area contributed by atoms with Gasteiger partial charge in [0.2, 0.25) is 0 Å². The topological polar surface area (TPSA) is 68.0 Å². The number of hydrogen-bond donors (Lipinski definition) is 1. The molecule has 6 heteroatoms. The van der Waals surface area contributed by atoms with E-state index in [1.807, 2.05) is 42.0 Å². The first-order chi connectivity index (χ1) is 12.8. The molecule has 0 fully saturated rings. The molecule has 1 N–H and O–H groups in total. The van der Waals surface area contributed by atoms with Crippen molar-refractivity contribution in [2.75, 3.05) is 0 Å². The van der Waals surface area contributed by atoms with Gasteiger partial charge in [-0.2, -0.15) is 5.10 Å². The molecule has 2 aromatic heterocycles. The van der Waals surface area contributed by atoms with E-state index in [0.29, 0.717) is 6.67 Å². The molecule has 0 unspecified atom stereocenters. The Morgan fingerprint density at radius 3 is 3.04 bits per heavy atom. The quantitative estimate of drug-likeness (QED) is 0.612. The maximum absolute atomic E-state index is 4.42. The molecule has 0 bridgehead atoms. The second-order valence-electron chi connectivity index (χ2n) is 6.03. The molecule has 0 aromatic carbocycles. The molecule has 3 rings (SSSR count). The van der Waals surface area contributed by atoms with Gasteiger partial charge in [0, 0.05) is 30.1 Å². The Morgan fingerprint density at radius 1 is 1.31 bits per heavy atom. The third-order valence-corrected chi connectivity index (χ3v) is 4.15. The van der Waals surface area contributed by atoms with E-state index in [9.17, 15) is 0 Å². The molecule has 0 saturated heterocycles. The highest BCUT2D eigenvalue weighted by molar-refractivity contribution is 5.97. The monoisotopic (exact) mass is 348 g/mol. The number of aromatic nitrogens is 4. The standard InChI is InChI=1S/C20H24N6/c1-3-9-17-19(24-15-26-20(17)23-14-25-26)11-5-4-7-12-21-16(2)18-10-6-8-13-22-18/h4-8,10,12-14,24H,3,9,11,15H2,1-2H3/b5-4-,12-7-,21-16?. The summed E-state index contributed by atoms with van der Waals surface area (Å²) in [6, 6.07) is 5.82. The number of nitrogens with one attached hydrogen (secondary N) is 1. The predicted molar refractivity (Wildman–Crippen MR) is 104 cm³/mol. The van der Waals surface area contributed by atoms with E-state index in [1.54, 1.807) is 18.7 Å². The highest BCUT2D eigenvalue weighted by atomic mass is 15.4. The van der Waals surface area contributed by atoms with Gasteiger partial charge in [0.15, 0.2) is 5.82 Å². The largest absolute Gasteiger partial charge is 0.369 e. The fraction of sp³-hybridized carbons (Fsp3) is 0.300. The van der Waals surface area contributed by atoms with Crippen LogP contribution in [0.25, 0.3) is 5.57 Å². The van der Waals surface area contributed by atoms with Gasteiger partial charge in [0.25, 0.3) is 0 Å². The molecule has 0 radical (unpaired) electrons. The van der Waals surface area contributed by atoms with Crippen LogP contribution in [-0.2, 0) is 6.67 Å². The van der Waals surface area contributed by atoms with Crippen LogP contribution in [0.1, 0.15) is 44.6 Å². The molecule has 3 heterocycles. The summed E-state index contributed by atoms with van der Waals surface area (Å²) in [7, 11) is 0.